The highest BCUT2D eigenvalue weighted by molar-refractivity contribution is 5.75. The highest BCUT2D eigenvalue weighted by Crippen LogP contribution is 2.20. The maximum absolute atomic E-state index is 11.6. The first-order valence-electron chi connectivity index (χ1n) is 11.6. The van der Waals surface area contributed by atoms with Gasteiger partial charge in [-0.2, -0.15) is 0 Å². The van der Waals surface area contributed by atoms with E-state index in [-0.39, 0.29) is 5.97 Å². The zero-order valence-corrected chi connectivity index (χ0v) is 19.1. The van der Waals surface area contributed by atoms with E-state index in [0.29, 0.717) is 13.0 Å². The maximum Gasteiger partial charge on any atom is 0.322 e. The molecule has 0 saturated carbocycles. The number of carbonyl (C=O) groups is 1. The summed E-state index contributed by atoms with van der Waals surface area (Å²) in [7, 11) is 1.37. The molecule has 0 radical (unpaired) electrons. The number of benzene rings is 1. The van der Waals surface area contributed by atoms with Crippen molar-refractivity contribution >= 4 is 11.8 Å². The molecule has 7 heteroatoms. The summed E-state index contributed by atoms with van der Waals surface area (Å²) in [5, 5.41) is 3.41. The molecule has 7 nitrogen and oxygen atoms in total. The van der Waals surface area contributed by atoms with Crippen LogP contribution < -0.4 is 15.8 Å². The summed E-state index contributed by atoms with van der Waals surface area (Å²) in [6.07, 6.45) is 5.93. The van der Waals surface area contributed by atoms with Crippen LogP contribution in [0.4, 0.5) is 5.82 Å². The van der Waals surface area contributed by atoms with Crippen LogP contribution in [0.25, 0.3) is 0 Å². The van der Waals surface area contributed by atoms with Gasteiger partial charge in [0.15, 0.2) is 0 Å². The van der Waals surface area contributed by atoms with E-state index >= 15 is 0 Å². The first-order chi connectivity index (χ1) is 15.7. The number of carbonyl (C=O) groups excluding carboxylic acids is 1. The van der Waals surface area contributed by atoms with Gasteiger partial charge in [-0.15, -0.1) is 0 Å². The Morgan fingerprint density at radius 3 is 2.81 bits per heavy atom. The molecule has 3 N–H and O–H groups in total. The number of anilines is 1. The van der Waals surface area contributed by atoms with E-state index in [1.807, 2.05) is 30.3 Å². The molecule has 0 saturated heterocycles. The zero-order valence-electron chi connectivity index (χ0n) is 19.1. The van der Waals surface area contributed by atoms with E-state index in [4.69, 9.17) is 20.2 Å². The minimum Gasteiger partial charge on any atom is -0.492 e. The van der Waals surface area contributed by atoms with E-state index in [1.54, 1.807) is 0 Å². The highest BCUT2D eigenvalue weighted by Gasteiger charge is 2.16. The predicted molar refractivity (Wildman–Crippen MR) is 127 cm³/mol. The second-order valence-corrected chi connectivity index (χ2v) is 8.22. The van der Waals surface area contributed by atoms with Crippen LogP contribution in [0.2, 0.25) is 0 Å². The quantitative estimate of drug-likeness (QED) is 0.365. The van der Waals surface area contributed by atoms with Crippen LogP contribution >= 0.6 is 0 Å². The fraction of sp³-hybridized carbons (Fsp3) is 0.520. The number of pyridine rings is 1. The molecule has 1 atom stereocenters. The van der Waals surface area contributed by atoms with Crippen LogP contribution in [0.15, 0.2) is 42.5 Å². The third-order valence-corrected chi connectivity index (χ3v) is 5.79. The number of rotatable bonds is 13. The Hall–Kier alpha value is -2.64. The van der Waals surface area contributed by atoms with E-state index in [9.17, 15) is 4.79 Å². The Labute approximate surface area is 191 Å². The van der Waals surface area contributed by atoms with Crippen molar-refractivity contribution in [3.05, 3.63) is 53.7 Å². The number of nitrogens with zero attached hydrogens (tertiary/aromatic N) is 2. The van der Waals surface area contributed by atoms with Gasteiger partial charge >= 0.3 is 5.97 Å². The van der Waals surface area contributed by atoms with Crippen molar-refractivity contribution in [1.82, 2.24) is 9.88 Å². The topological polar surface area (TPSA) is 89.7 Å². The standard InChI is InChI=1S/C25H36N4O3/c1-31-25(30)23(26)14-17-29(18-19-32-22-10-3-2-4-11-22)16-6-5-9-21-13-12-20-8-7-15-27-24(20)28-21/h2-4,10-13,23H,5-9,14-19,26H2,1H3,(H,27,28)/t23-/m0/s1. The van der Waals surface area contributed by atoms with E-state index in [0.717, 1.165) is 69.1 Å². The molecule has 0 amide bonds. The number of nitrogens with one attached hydrogen (secondary N) is 1. The fourth-order valence-corrected chi connectivity index (χ4v) is 3.89. The SMILES string of the molecule is COC(=O)[C@@H](N)CCN(CCCCc1ccc2c(n1)NCCC2)CCOc1ccccc1. The normalized spacial score (nSPS) is 13.8. The van der Waals surface area contributed by atoms with Crippen LogP contribution in [0.3, 0.4) is 0 Å². The van der Waals surface area contributed by atoms with Crippen molar-refractivity contribution in [3.63, 3.8) is 0 Å². The van der Waals surface area contributed by atoms with E-state index in [1.165, 1.54) is 19.1 Å². The Kier molecular flexibility index (Phi) is 9.78. The number of hydrogen-bond donors (Lipinski definition) is 2. The molecule has 0 aliphatic carbocycles. The fourth-order valence-electron chi connectivity index (χ4n) is 3.89. The van der Waals surface area contributed by atoms with Gasteiger partial charge in [0.2, 0.25) is 0 Å². The molecule has 0 unspecified atom stereocenters. The van der Waals surface area contributed by atoms with Gasteiger partial charge in [0.1, 0.15) is 24.2 Å². The third-order valence-electron chi connectivity index (χ3n) is 5.79. The molecular formula is C25H36N4O3. The third kappa shape index (κ3) is 7.80. The molecule has 0 bridgehead atoms. The predicted octanol–water partition coefficient (Wildman–Crippen LogP) is 3.03. The average molecular weight is 441 g/mol. The number of hydrogen-bond acceptors (Lipinski definition) is 7. The van der Waals surface area contributed by atoms with Crippen LogP contribution in [0, 0.1) is 0 Å². The number of para-hydroxylation sites is 1. The molecule has 0 fully saturated rings. The van der Waals surface area contributed by atoms with Gasteiger partial charge < -0.3 is 20.5 Å². The maximum atomic E-state index is 11.6. The molecule has 174 valence electrons. The second-order valence-electron chi connectivity index (χ2n) is 8.22. The molecule has 1 aliphatic heterocycles. The second kappa shape index (κ2) is 13.0. The molecule has 1 aromatic carbocycles. The summed E-state index contributed by atoms with van der Waals surface area (Å²) in [6.45, 7) is 4.04. The Morgan fingerprint density at radius 1 is 1.16 bits per heavy atom. The summed E-state index contributed by atoms with van der Waals surface area (Å²) >= 11 is 0. The Morgan fingerprint density at radius 2 is 2.00 bits per heavy atom. The van der Waals surface area contributed by atoms with Gasteiger partial charge in [0, 0.05) is 25.3 Å². The number of aromatic nitrogens is 1. The molecule has 2 heterocycles. The molecule has 0 spiro atoms. The molecule has 1 aliphatic rings. The van der Waals surface area contributed by atoms with Gasteiger partial charge in [0.25, 0.3) is 0 Å². The van der Waals surface area contributed by atoms with Crippen LogP contribution in [-0.4, -0.2) is 61.8 Å². The Balaban J connectivity index is 1.44. The smallest absolute Gasteiger partial charge is 0.322 e. The van der Waals surface area contributed by atoms with Gasteiger partial charge in [-0.25, -0.2) is 4.98 Å². The number of aryl methyl sites for hydroxylation is 2. The summed E-state index contributed by atoms with van der Waals surface area (Å²) in [5.41, 5.74) is 8.40. The lowest BCUT2D eigenvalue weighted by Gasteiger charge is -2.23. The largest absolute Gasteiger partial charge is 0.492 e. The lowest BCUT2D eigenvalue weighted by molar-refractivity contribution is -0.142. The minimum absolute atomic E-state index is 0.363. The summed E-state index contributed by atoms with van der Waals surface area (Å²) in [5.74, 6) is 1.56. The van der Waals surface area contributed by atoms with Crippen molar-refractivity contribution in [3.8, 4) is 5.75 Å². The monoisotopic (exact) mass is 440 g/mol. The first kappa shape index (κ1) is 24.0. The molecule has 1 aromatic heterocycles. The van der Waals surface area contributed by atoms with Crippen molar-refractivity contribution in [2.75, 3.05) is 45.2 Å². The zero-order chi connectivity index (χ0) is 22.6. The number of ether oxygens (including phenoxy) is 2. The Bertz CT molecular complexity index is 831. The lowest BCUT2D eigenvalue weighted by atomic mass is 10.1. The minimum atomic E-state index is -0.593. The average Bonchev–Trinajstić information content (AvgIpc) is 2.84. The number of nitrogens with two attached hydrogens (primary N) is 1. The molecule has 3 rings (SSSR count). The number of unbranched alkanes of at least 4 members (excludes halogenated alkanes) is 1. The van der Waals surface area contributed by atoms with Crippen molar-refractivity contribution < 1.29 is 14.3 Å². The van der Waals surface area contributed by atoms with E-state index < -0.39 is 6.04 Å². The van der Waals surface area contributed by atoms with Crippen molar-refractivity contribution in [1.29, 1.82) is 0 Å². The lowest BCUT2D eigenvalue weighted by Crippen LogP contribution is -2.38. The number of esters is 1. The van der Waals surface area contributed by atoms with Crippen LogP contribution in [0.5, 0.6) is 5.75 Å². The van der Waals surface area contributed by atoms with Gasteiger partial charge in [-0.3, -0.25) is 9.69 Å². The van der Waals surface area contributed by atoms with Crippen molar-refractivity contribution in [2.45, 2.75) is 44.6 Å². The van der Waals surface area contributed by atoms with Crippen LogP contribution in [-0.2, 0) is 22.4 Å². The van der Waals surface area contributed by atoms with Crippen molar-refractivity contribution in [2.24, 2.45) is 5.73 Å². The molecule has 32 heavy (non-hydrogen) atoms. The van der Waals surface area contributed by atoms with Gasteiger partial charge in [0.05, 0.1) is 7.11 Å². The summed E-state index contributed by atoms with van der Waals surface area (Å²) < 4.78 is 10.6. The molecular weight excluding hydrogens is 404 g/mol. The number of fused-ring (bicyclic) bond motifs is 1. The number of methoxy groups -OCH3 is 1. The first-order valence-corrected chi connectivity index (χ1v) is 11.6. The van der Waals surface area contributed by atoms with Crippen LogP contribution in [0.1, 0.15) is 36.9 Å². The molecule has 2 aromatic rings. The van der Waals surface area contributed by atoms with Gasteiger partial charge in [-0.1, -0.05) is 24.3 Å². The van der Waals surface area contributed by atoms with E-state index in [2.05, 4.69) is 22.3 Å². The van der Waals surface area contributed by atoms with Gasteiger partial charge in [-0.05, 0) is 68.8 Å². The summed E-state index contributed by atoms with van der Waals surface area (Å²) in [6, 6.07) is 13.6. The summed E-state index contributed by atoms with van der Waals surface area (Å²) in [4.78, 5) is 18.7. The highest BCUT2D eigenvalue weighted by atomic mass is 16.5.